The molecule has 0 amide bonds. The highest BCUT2D eigenvalue weighted by atomic mass is 79.9. The second kappa shape index (κ2) is 6.88. The molecular weight excluding hydrogens is 394 g/mol. The zero-order chi connectivity index (χ0) is 18.1. The molecule has 1 saturated heterocycles. The third kappa shape index (κ3) is 3.16. The summed E-state index contributed by atoms with van der Waals surface area (Å²) in [6.07, 6.45) is 5.80. The van der Waals surface area contributed by atoms with Crippen LogP contribution in [0.3, 0.4) is 0 Å². The summed E-state index contributed by atoms with van der Waals surface area (Å²) in [6.45, 7) is 5.11. The third-order valence-electron chi connectivity index (χ3n) is 5.36. The van der Waals surface area contributed by atoms with E-state index in [1.54, 1.807) is 12.4 Å². The summed E-state index contributed by atoms with van der Waals surface area (Å²) in [5.41, 5.74) is 2.89. The van der Waals surface area contributed by atoms with Gasteiger partial charge in [0.15, 0.2) is 0 Å². The molecule has 1 saturated carbocycles. The molecule has 1 aliphatic carbocycles. The predicted octanol–water partition coefficient (Wildman–Crippen LogP) is 4.48. The molecule has 4 nitrogen and oxygen atoms in total. The van der Waals surface area contributed by atoms with E-state index in [0.29, 0.717) is 19.6 Å². The van der Waals surface area contributed by atoms with Gasteiger partial charge in [0.2, 0.25) is 0 Å². The lowest BCUT2D eigenvalue weighted by Crippen LogP contribution is -2.31. The number of cyclic esters (lactones) is 1. The van der Waals surface area contributed by atoms with Crippen molar-refractivity contribution < 1.29 is 14.3 Å². The smallest absolute Gasteiger partial charge is 0.313 e. The largest absolute Gasteiger partial charge is 0.488 e. The fraction of sp³-hybridized carbons (Fsp3) is 0.333. The maximum Gasteiger partial charge on any atom is 0.313 e. The van der Waals surface area contributed by atoms with Crippen molar-refractivity contribution in [1.29, 1.82) is 0 Å². The van der Waals surface area contributed by atoms with E-state index in [0.717, 1.165) is 39.8 Å². The summed E-state index contributed by atoms with van der Waals surface area (Å²) < 4.78 is 12.1. The van der Waals surface area contributed by atoms with Crippen LogP contribution in [0.1, 0.15) is 24.0 Å². The van der Waals surface area contributed by atoms with E-state index in [9.17, 15) is 4.79 Å². The van der Waals surface area contributed by atoms with E-state index >= 15 is 0 Å². The van der Waals surface area contributed by atoms with Crippen LogP contribution in [0.2, 0.25) is 0 Å². The molecule has 5 heteroatoms. The second-order valence-corrected chi connectivity index (χ2v) is 8.02. The highest BCUT2D eigenvalue weighted by Crippen LogP contribution is 2.52. The average Bonchev–Trinajstić information content (AvgIpc) is 3.09. The zero-order valence-corrected chi connectivity index (χ0v) is 16.0. The Morgan fingerprint density at radius 1 is 1.27 bits per heavy atom. The number of rotatable bonds is 5. The molecule has 1 aromatic carbocycles. The van der Waals surface area contributed by atoms with Crippen molar-refractivity contribution in [2.45, 2.75) is 25.9 Å². The third-order valence-corrected chi connectivity index (χ3v) is 5.98. The van der Waals surface area contributed by atoms with Crippen LogP contribution in [-0.2, 0) is 22.6 Å². The molecule has 2 heterocycles. The molecule has 0 bridgehead atoms. The minimum Gasteiger partial charge on any atom is -0.488 e. The van der Waals surface area contributed by atoms with Gasteiger partial charge < -0.3 is 9.47 Å². The fourth-order valence-corrected chi connectivity index (χ4v) is 4.58. The van der Waals surface area contributed by atoms with Crippen LogP contribution in [0.25, 0.3) is 0 Å². The number of ether oxygens (including phenoxy) is 2. The molecule has 2 unspecified atom stereocenters. The zero-order valence-electron chi connectivity index (χ0n) is 14.4. The van der Waals surface area contributed by atoms with Gasteiger partial charge >= 0.3 is 5.97 Å². The summed E-state index contributed by atoms with van der Waals surface area (Å²) in [7, 11) is 0. The Kier molecular flexibility index (Phi) is 4.57. The van der Waals surface area contributed by atoms with Gasteiger partial charge in [-0.15, -0.1) is 0 Å². The molecule has 1 aromatic heterocycles. The van der Waals surface area contributed by atoms with E-state index in [1.807, 2.05) is 30.3 Å². The molecule has 134 valence electrons. The first kappa shape index (κ1) is 17.3. The molecule has 4 rings (SSSR count). The Bertz CT molecular complexity index is 852. The lowest BCUT2D eigenvalue weighted by atomic mass is 9.75. The summed E-state index contributed by atoms with van der Waals surface area (Å²) in [6, 6.07) is 9.89. The average molecular weight is 414 g/mol. The van der Waals surface area contributed by atoms with Crippen molar-refractivity contribution in [2.75, 3.05) is 6.61 Å². The Labute approximate surface area is 161 Å². The number of fused-ring (bicyclic) bond motifs is 1. The van der Waals surface area contributed by atoms with Crippen LogP contribution in [0.4, 0.5) is 0 Å². The van der Waals surface area contributed by atoms with Gasteiger partial charge in [-0.3, -0.25) is 9.78 Å². The fourth-order valence-electron chi connectivity index (χ4n) is 4.04. The maximum absolute atomic E-state index is 12.4. The van der Waals surface area contributed by atoms with Crippen LogP contribution < -0.4 is 4.74 Å². The van der Waals surface area contributed by atoms with Crippen molar-refractivity contribution in [3.05, 3.63) is 70.5 Å². The standard InChI is InChI=1S/C21H20BrNO3/c1-14-8-17-13-26-20(24)21(17,10-14)11-16-2-3-19(18(22)9-16)25-12-15-4-6-23-7-5-15/h2-7,9,17H,1,8,10-13H2. The van der Waals surface area contributed by atoms with E-state index < -0.39 is 5.41 Å². The monoisotopic (exact) mass is 413 g/mol. The van der Waals surface area contributed by atoms with Crippen LogP contribution in [0.15, 0.2) is 59.4 Å². The number of pyridine rings is 1. The molecule has 2 aliphatic rings. The van der Waals surface area contributed by atoms with E-state index in [-0.39, 0.29) is 11.9 Å². The van der Waals surface area contributed by atoms with Gasteiger partial charge in [-0.25, -0.2) is 0 Å². The normalized spacial score (nSPS) is 24.4. The van der Waals surface area contributed by atoms with Crippen molar-refractivity contribution in [1.82, 2.24) is 4.98 Å². The van der Waals surface area contributed by atoms with Crippen LogP contribution in [0.5, 0.6) is 5.75 Å². The number of esters is 1. The minimum atomic E-state index is -0.435. The van der Waals surface area contributed by atoms with Gasteiger partial charge in [0.05, 0.1) is 16.5 Å². The Morgan fingerprint density at radius 3 is 2.85 bits per heavy atom. The Balaban J connectivity index is 1.49. The van der Waals surface area contributed by atoms with Crippen LogP contribution >= 0.6 is 15.9 Å². The van der Waals surface area contributed by atoms with Crippen LogP contribution in [0, 0.1) is 11.3 Å². The summed E-state index contributed by atoms with van der Waals surface area (Å²) >= 11 is 3.60. The number of aromatic nitrogens is 1. The second-order valence-electron chi connectivity index (χ2n) is 7.17. The molecule has 2 aromatic rings. The molecule has 0 spiro atoms. The SMILES string of the molecule is C=C1CC2COC(=O)C2(Cc2ccc(OCc3ccncc3)c(Br)c2)C1. The number of benzene rings is 1. The highest BCUT2D eigenvalue weighted by molar-refractivity contribution is 9.10. The number of carbonyl (C=O) groups excluding carboxylic acids is 1. The topological polar surface area (TPSA) is 48.4 Å². The van der Waals surface area contributed by atoms with Gasteiger partial charge in [-0.05, 0) is 70.6 Å². The van der Waals surface area contributed by atoms with Gasteiger partial charge in [-0.2, -0.15) is 0 Å². The quantitative estimate of drug-likeness (QED) is 0.535. The van der Waals surface area contributed by atoms with Crippen molar-refractivity contribution in [2.24, 2.45) is 11.3 Å². The van der Waals surface area contributed by atoms with Crippen molar-refractivity contribution in [3.8, 4) is 5.75 Å². The Hall–Kier alpha value is -2.14. The van der Waals surface area contributed by atoms with Crippen molar-refractivity contribution in [3.63, 3.8) is 0 Å². The van der Waals surface area contributed by atoms with Crippen molar-refractivity contribution >= 4 is 21.9 Å². The lowest BCUT2D eigenvalue weighted by Gasteiger charge is -2.24. The molecule has 2 fully saturated rings. The number of nitrogens with zero attached hydrogens (tertiary/aromatic N) is 1. The number of carbonyl (C=O) groups is 1. The van der Waals surface area contributed by atoms with E-state index in [2.05, 4.69) is 27.5 Å². The molecule has 26 heavy (non-hydrogen) atoms. The molecular formula is C21H20BrNO3. The minimum absolute atomic E-state index is 0.0738. The van der Waals surface area contributed by atoms with E-state index in [4.69, 9.17) is 9.47 Å². The van der Waals surface area contributed by atoms with Gasteiger partial charge in [0.25, 0.3) is 0 Å². The molecule has 1 aliphatic heterocycles. The van der Waals surface area contributed by atoms with E-state index in [1.165, 1.54) is 0 Å². The van der Waals surface area contributed by atoms with Gasteiger partial charge in [0, 0.05) is 18.3 Å². The molecule has 2 atom stereocenters. The molecule has 0 N–H and O–H groups in total. The summed E-state index contributed by atoms with van der Waals surface area (Å²) in [5.74, 6) is 0.962. The maximum atomic E-state index is 12.4. The van der Waals surface area contributed by atoms with Gasteiger partial charge in [0.1, 0.15) is 12.4 Å². The highest BCUT2D eigenvalue weighted by Gasteiger charge is 2.55. The number of hydrogen-bond donors (Lipinski definition) is 0. The number of hydrogen-bond acceptors (Lipinski definition) is 4. The number of halogens is 1. The van der Waals surface area contributed by atoms with Gasteiger partial charge in [-0.1, -0.05) is 18.2 Å². The molecule has 0 radical (unpaired) electrons. The summed E-state index contributed by atoms with van der Waals surface area (Å²) in [4.78, 5) is 16.4. The first-order chi connectivity index (χ1) is 12.6. The summed E-state index contributed by atoms with van der Waals surface area (Å²) in [5, 5.41) is 0. The Morgan fingerprint density at radius 2 is 2.08 bits per heavy atom. The lowest BCUT2D eigenvalue weighted by molar-refractivity contribution is -0.146. The first-order valence-corrected chi connectivity index (χ1v) is 9.50. The first-order valence-electron chi connectivity index (χ1n) is 8.71. The van der Waals surface area contributed by atoms with Crippen LogP contribution in [-0.4, -0.2) is 17.6 Å². The predicted molar refractivity (Wildman–Crippen MR) is 102 cm³/mol. The number of allylic oxidation sites excluding steroid dienone is 1.